The normalized spacial score (nSPS) is 23.8. The number of furan rings is 1. The van der Waals surface area contributed by atoms with Crippen LogP contribution in [0.4, 0.5) is 11.4 Å². The van der Waals surface area contributed by atoms with E-state index in [0.717, 1.165) is 34.0 Å². The number of fused-ring (bicyclic) bond motifs is 7. The first-order chi connectivity index (χ1) is 22.3. The van der Waals surface area contributed by atoms with E-state index >= 15 is 0 Å². The van der Waals surface area contributed by atoms with Crippen LogP contribution in [0.1, 0.15) is 57.6 Å². The number of nitrogens with zero attached hydrogens (tertiary/aromatic N) is 1. The average Bonchev–Trinajstić information content (AvgIpc) is 3.68. The summed E-state index contributed by atoms with van der Waals surface area (Å²) in [6.07, 6.45) is 14.6. The van der Waals surface area contributed by atoms with Crippen molar-refractivity contribution < 1.29 is 4.42 Å². The molecule has 228 valence electrons. The van der Waals surface area contributed by atoms with E-state index in [1.807, 2.05) is 17.8 Å². The molecule has 1 fully saturated rings. The van der Waals surface area contributed by atoms with Crippen LogP contribution in [0.2, 0.25) is 0 Å². The number of thioether (sulfide) groups is 1. The molecule has 9 rings (SSSR count). The van der Waals surface area contributed by atoms with Crippen LogP contribution in [0.5, 0.6) is 0 Å². The molecular formula is C43H39NOS. The number of rotatable bonds is 4. The second-order valence-electron chi connectivity index (χ2n) is 14.8. The molecule has 5 aromatic rings. The van der Waals surface area contributed by atoms with Gasteiger partial charge in [-0.15, -0.1) is 11.8 Å². The van der Waals surface area contributed by atoms with Crippen LogP contribution >= 0.6 is 11.8 Å². The first kappa shape index (κ1) is 28.0. The molecular weight excluding hydrogens is 579 g/mol. The van der Waals surface area contributed by atoms with Gasteiger partial charge in [-0.2, -0.15) is 0 Å². The van der Waals surface area contributed by atoms with Crippen LogP contribution in [0, 0.1) is 16.7 Å². The standard InChI is InChI=1S/C43H39NOS/c1-42(2)26-43(3,4)36-23-27(17-20-35(36)42)30-11-5-8-14-37(30)44(28-18-21-39-33(24-28)31-12-6-9-15-38(31)45-39)29-19-22-41-34(25-29)32-13-7-10-16-40(32)46-41/h5-19,21-25,34-35,41H,20,26H2,1-4H3. The van der Waals surface area contributed by atoms with Crippen molar-refractivity contribution in [2.24, 2.45) is 16.7 Å². The highest BCUT2D eigenvalue weighted by Gasteiger charge is 2.48. The monoisotopic (exact) mass is 617 g/mol. The lowest BCUT2D eigenvalue weighted by Gasteiger charge is -2.33. The fourth-order valence-corrected chi connectivity index (χ4v) is 10.4. The van der Waals surface area contributed by atoms with Gasteiger partial charge in [0.05, 0.1) is 5.69 Å². The van der Waals surface area contributed by atoms with Crippen LogP contribution in [0.25, 0.3) is 27.5 Å². The van der Waals surface area contributed by atoms with Crippen molar-refractivity contribution in [2.75, 3.05) is 4.90 Å². The van der Waals surface area contributed by atoms with Gasteiger partial charge in [-0.3, -0.25) is 0 Å². The summed E-state index contributed by atoms with van der Waals surface area (Å²) >= 11 is 1.98. The van der Waals surface area contributed by atoms with E-state index in [0.29, 0.717) is 22.5 Å². The largest absolute Gasteiger partial charge is 0.456 e. The molecule has 0 radical (unpaired) electrons. The molecule has 0 amide bonds. The molecule has 4 aliphatic rings. The minimum atomic E-state index is 0.201. The lowest BCUT2D eigenvalue weighted by Crippen LogP contribution is -2.22. The minimum Gasteiger partial charge on any atom is -0.456 e. The summed E-state index contributed by atoms with van der Waals surface area (Å²) in [6, 6.07) is 33.0. The van der Waals surface area contributed by atoms with E-state index in [9.17, 15) is 0 Å². The number of allylic oxidation sites excluding steroid dienone is 6. The molecule has 3 aliphatic carbocycles. The summed E-state index contributed by atoms with van der Waals surface area (Å²) in [5.41, 5.74) is 11.6. The van der Waals surface area contributed by atoms with Gasteiger partial charge in [-0.1, -0.05) is 112 Å². The van der Waals surface area contributed by atoms with Gasteiger partial charge in [0.25, 0.3) is 0 Å². The summed E-state index contributed by atoms with van der Waals surface area (Å²) in [5.74, 6) is 0.944. The van der Waals surface area contributed by atoms with Crippen LogP contribution < -0.4 is 4.90 Å². The second-order valence-corrected chi connectivity index (χ2v) is 16.0. The zero-order chi connectivity index (χ0) is 31.2. The van der Waals surface area contributed by atoms with Crippen molar-refractivity contribution in [1.29, 1.82) is 0 Å². The van der Waals surface area contributed by atoms with Crippen molar-refractivity contribution in [3.63, 3.8) is 0 Å². The van der Waals surface area contributed by atoms with Gasteiger partial charge >= 0.3 is 0 Å². The molecule has 1 aromatic heterocycles. The van der Waals surface area contributed by atoms with Gasteiger partial charge in [0.1, 0.15) is 11.2 Å². The number of anilines is 2. The summed E-state index contributed by atoms with van der Waals surface area (Å²) in [4.78, 5) is 3.89. The Balaban J connectivity index is 1.23. The second kappa shape index (κ2) is 10.1. The Labute approximate surface area is 276 Å². The van der Waals surface area contributed by atoms with Crippen molar-refractivity contribution in [3.8, 4) is 0 Å². The highest BCUT2D eigenvalue weighted by atomic mass is 32.2. The SMILES string of the molecule is CC1(C)CC(C)(C)C2CC=C(c3ccccc3N(C3=CC4c5ccccc5SC4C=C3)c3ccc4oc5ccccc5c4c3)C=C21. The lowest BCUT2D eigenvalue weighted by molar-refractivity contribution is 0.257. The predicted molar refractivity (Wildman–Crippen MR) is 195 cm³/mol. The molecule has 4 aromatic carbocycles. The lowest BCUT2D eigenvalue weighted by atomic mass is 9.75. The maximum Gasteiger partial charge on any atom is 0.135 e. The summed E-state index contributed by atoms with van der Waals surface area (Å²) in [5, 5.41) is 2.72. The van der Waals surface area contributed by atoms with Gasteiger partial charge in [0.15, 0.2) is 0 Å². The Bertz CT molecular complexity index is 2170. The highest BCUT2D eigenvalue weighted by Crippen LogP contribution is 2.60. The molecule has 3 atom stereocenters. The molecule has 0 spiro atoms. The Hall–Kier alpha value is -4.21. The quantitative estimate of drug-likeness (QED) is 0.200. The maximum atomic E-state index is 6.26. The topological polar surface area (TPSA) is 16.4 Å². The predicted octanol–water partition coefficient (Wildman–Crippen LogP) is 12.2. The molecule has 1 saturated carbocycles. The Kier molecular flexibility index (Phi) is 6.19. The van der Waals surface area contributed by atoms with Crippen LogP contribution in [-0.4, -0.2) is 5.25 Å². The van der Waals surface area contributed by atoms with Crippen molar-refractivity contribution in [3.05, 3.63) is 144 Å². The van der Waals surface area contributed by atoms with E-state index in [2.05, 4.69) is 148 Å². The van der Waals surface area contributed by atoms with Gasteiger partial charge < -0.3 is 9.32 Å². The fraction of sp³-hybridized carbons (Fsp3) is 0.256. The van der Waals surface area contributed by atoms with Crippen LogP contribution in [0.15, 0.2) is 142 Å². The van der Waals surface area contributed by atoms with Crippen LogP contribution in [0.3, 0.4) is 0 Å². The number of hydrogen-bond acceptors (Lipinski definition) is 3. The molecule has 0 N–H and O–H groups in total. The van der Waals surface area contributed by atoms with Crippen LogP contribution in [-0.2, 0) is 0 Å². The smallest absolute Gasteiger partial charge is 0.135 e. The Morgan fingerprint density at radius 2 is 1.61 bits per heavy atom. The van der Waals surface area contributed by atoms with E-state index in [1.54, 1.807) is 5.57 Å². The van der Waals surface area contributed by atoms with E-state index in [4.69, 9.17) is 4.42 Å². The van der Waals surface area contributed by atoms with Gasteiger partial charge in [0.2, 0.25) is 0 Å². The first-order valence-electron chi connectivity index (χ1n) is 16.7. The van der Waals surface area contributed by atoms with Crippen molar-refractivity contribution >= 4 is 50.6 Å². The maximum absolute atomic E-state index is 6.26. The number of para-hydroxylation sites is 2. The molecule has 2 nitrogen and oxygen atoms in total. The molecule has 1 aliphatic heterocycles. The first-order valence-corrected chi connectivity index (χ1v) is 17.5. The van der Waals surface area contributed by atoms with Gasteiger partial charge in [-0.05, 0) is 83.2 Å². The summed E-state index contributed by atoms with van der Waals surface area (Å²) in [6.45, 7) is 9.80. The minimum absolute atomic E-state index is 0.201. The van der Waals surface area contributed by atoms with Gasteiger partial charge in [0, 0.05) is 43.8 Å². The Morgan fingerprint density at radius 1 is 0.826 bits per heavy atom. The third kappa shape index (κ3) is 4.32. The number of hydrogen-bond donors (Lipinski definition) is 0. The third-order valence-corrected chi connectivity index (χ3v) is 12.3. The molecule has 3 unspecified atom stereocenters. The zero-order valence-electron chi connectivity index (χ0n) is 27.0. The molecule has 2 heterocycles. The van der Waals surface area contributed by atoms with Crippen molar-refractivity contribution in [2.45, 2.75) is 56.6 Å². The fourth-order valence-electron chi connectivity index (χ4n) is 9.04. The summed E-state index contributed by atoms with van der Waals surface area (Å²) in [7, 11) is 0. The number of benzene rings is 4. The molecule has 3 heteroatoms. The average molecular weight is 618 g/mol. The third-order valence-electron chi connectivity index (χ3n) is 10.9. The molecule has 46 heavy (non-hydrogen) atoms. The van der Waals surface area contributed by atoms with E-state index in [-0.39, 0.29) is 5.41 Å². The van der Waals surface area contributed by atoms with E-state index in [1.165, 1.54) is 39.4 Å². The van der Waals surface area contributed by atoms with E-state index < -0.39 is 0 Å². The zero-order valence-corrected chi connectivity index (χ0v) is 27.8. The van der Waals surface area contributed by atoms with Gasteiger partial charge in [-0.25, -0.2) is 0 Å². The molecule has 0 bridgehead atoms. The highest BCUT2D eigenvalue weighted by molar-refractivity contribution is 8.00. The summed E-state index contributed by atoms with van der Waals surface area (Å²) < 4.78 is 6.26. The van der Waals surface area contributed by atoms with Crippen molar-refractivity contribution in [1.82, 2.24) is 0 Å². The molecule has 0 saturated heterocycles. The Morgan fingerprint density at radius 3 is 2.52 bits per heavy atom.